The number of benzene rings is 3. The summed E-state index contributed by atoms with van der Waals surface area (Å²) in [6.07, 6.45) is 0. The second kappa shape index (κ2) is 9.06. The lowest BCUT2D eigenvalue weighted by Crippen LogP contribution is -2.26. The van der Waals surface area contributed by atoms with Crippen molar-refractivity contribution in [2.45, 2.75) is 13.0 Å². The molecule has 1 atom stereocenters. The Kier molecular flexibility index (Phi) is 6.05. The molecule has 6 heteroatoms. The van der Waals surface area contributed by atoms with Crippen molar-refractivity contribution in [3.05, 3.63) is 95.0 Å². The van der Waals surface area contributed by atoms with Gasteiger partial charge in [-0.2, -0.15) is 5.10 Å². The van der Waals surface area contributed by atoms with Crippen LogP contribution in [0.4, 0.5) is 0 Å². The van der Waals surface area contributed by atoms with Crippen LogP contribution >= 0.6 is 11.6 Å². The SMILES string of the molecule is COc1ccc([C@H](C)NC(=O)c2ccc(-c3cc(-c4ccc(Cl)cc4)[nH]n3)cc2)cc1. The van der Waals surface area contributed by atoms with Crippen LogP contribution in [0.5, 0.6) is 5.75 Å². The lowest BCUT2D eigenvalue weighted by molar-refractivity contribution is 0.0940. The highest BCUT2D eigenvalue weighted by Crippen LogP contribution is 2.25. The number of hydrogen-bond donors (Lipinski definition) is 2. The molecule has 5 nitrogen and oxygen atoms in total. The molecule has 0 bridgehead atoms. The van der Waals surface area contributed by atoms with E-state index in [2.05, 4.69) is 15.5 Å². The van der Waals surface area contributed by atoms with Gasteiger partial charge in [-0.1, -0.05) is 48.0 Å². The Bertz CT molecular complexity index is 1170. The Morgan fingerprint density at radius 2 is 1.61 bits per heavy atom. The molecule has 31 heavy (non-hydrogen) atoms. The minimum atomic E-state index is -0.126. The van der Waals surface area contributed by atoms with Crippen LogP contribution in [0.2, 0.25) is 5.02 Å². The Morgan fingerprint density at radius 3 is 2.26 bits per heavy atom. The second-order valence-corrected chi connectivity index (χ2v) is 7.66. The zero-order chi connectivity index (χ0) is 21.8. The smallest absolute Gasteiger partial charge is 0.251 e. The molecule has 3 aromatic carbocycles. The average Bonchev–Trinajstić information content (AvgIpc) is 3.30. The molecule has 0 spiro atoms. The molecule has 4 rings (SSSR count). The zero-order valence-corrected chi connectivity index (χ0v) is 18.0. The summed E-state index contributed by atoms with van der Waals surface area (Å²) in [7, 11) is 1.63. The van der Waals surface area contributed by atoms with Gasteiger partial charge in [0.05, 0.1) is 24.5 Å². The van der Waals surface area contributed by atoms with Crippen molar-refractivity contribution in [3.8, 4) is 28.3 Å². The van der Waals surface area contributed by atoms with Crippen LogP contribution in [0.3, 0.4) is 0 Å². The fourth-order valence-corrected chi connectivity index (χ4v) is 3.42. The summed E-state index contributed by atoms with van der Waals surface area (Å²) in [5.41, 5.74) is 5.25. The van der Waals surface area contributed by atoms with Gasteiger partial charge >= 0.3 is 0 Å². The summed E-state index contributed by atoms with van der Waals surface area (Å²) >= 11 is 5.96. The number of ether oxygens (including phenoxy) is 1. The van der Waals surface area contributed by atoms with Crippen LogP contribution in [0.15, 0.2) is 78.9 Å². The van der Waals surface area contributed by atoms with Crippen molar-refractivity contribution < 1.29 is 9.53 Å². The van der Waals surface area contributed by atoms with E-state index in [1.807, 2.05) is 85.8 Å². The molecular weight excluding hydrogens is 410 g/mol. The van der Waals surface area contributed by atoms with Crippen LogP contribution in [-0.4, -0.2) is 23.2 Å². The molecule has 1 amide bonds. The fourth-order valence-electron chi connectivity index (χ4n) is 3.30. The topological polar surface area (TPSA) is 67.0 Å². The number of halogens is 1. The molecular formula is C25H22ClN3O2. The number of carbonyl (C=O) groups excluding carboxylic acids is 1. The van der Waals surface area contributed by atoms with Gasteiger partial charge in [-0.15, -0.1) is 0 Å². The number of methoxy groups -OCH3 is 1. The van der Waals surface area contributed by atoms with Gasteiger partial charge in [0.2, 0.25) is 0 Å². The van der Waals surface area contributed by atoms with Gasteiger partial charge in [0.25, 0.3) is 5.91 Å². The van der Waals surface area contributed by atoms with Crippen molar-refractivity contribution in [2.75, 3.05) is 7.11 Å². The van der Waals surface area contributed by atoms with E-state index >= 15 is 0 Å². The molecule has 0 radical (unpaired) electrons. The van der Waals surface area contributed by atoms with E-state index in [0.717, 1.165) is 33.8 Å². The largest absolute Gasteiger partial charge is 0.497 e. The van der Waals surface area contributed by atoms with Crippen LogP contribution in [0.1, 0.15) is 28.9 Å². The highest BCUT2D eigenvalue weighted by atomic mass is 35.5. The number of rotatable bonds is 6. The van der Waals surface area contributed by atoms with Crippen LogP contribution in [0, 0.1) is 0 Å². The standard InChI is InChI=1S/C25H22ClN3O2/c1-16(17-9-13-22(31-2)14-10-17)27-25(30)20-5-3-18(4-6-20)23-15-24(29-28-23)19-7-11-21(26)12-8-19/h3-16H,1-2H3,(H,27,30)(H,28,29)/t16-/m0/s1. The minimum absolute atomic E-state index is 0.119. The Hall–Kier alpha value is -3.57. The van der Waals surface area contributed by atoms with Gasteiger partial charge in [-0.05, 0) is 60.5 Å². The van der Waals surface area contributed by atoms with E-state index in [9.17, 15) is 4.79 Å². The molecule has 4 aromatic rings. The van der Waals surface area contributed by atoms with Gasteiger partial charge in [-0.3, -0.25) is 9.89 Å². The molecule has 156 valence electrons. The van der Waals surface area contributed by atoms with E-state index in [4.69, 9.17) is 16.3 Å². The molecule has 0 saturated carbocycles. The minimum Gasteiger partial charge on any atom is -0.497 e. The van der Waals surface area contributed by atoms with Crippen molar-refractivity contribution in [1.29, 1.82) is 0 Å². The average molecular weight is 432 g/mol. The van der Waals surface area contributed by atoms with Crippen molar-refractivity contribution in [2.24, 2.45) is 0 Å². The third kappa shape index (κ3) is 4.78. The third-order valence-electron chi connectivity index (χ3n) is 5.14. The number of nitrogens with zero attached hydrogens (tertiary/aromatic N) is 1. The van der Waals surface area contributed by atoms with E-state index in [1.165, 1.54) is 0 Å². The molecule has 0 saturated heterocycles. The van der Waals surface area contributed by atoms with Crippen molar-refractivity contribution >= 4 is 17.5 Å². The molecule has 0 aliphatic heterocycles. The van der Waals surface area contributed by atoms with E-state index < -0.39 is 0 Å². The zero-order valence-electron chi connectivity index (χ0n) is 17.2. The van der Waals surface area contributed by atoms with Gasteiger partial charge in [-0.25, -0.2) is 0 Å². The summed E-state index contributed by atoms with van der Waals surface area (Å²) < 4.78 is 5.18. The van der Waals surface area contributed by atoms with Crippen LogP contribution in [0.25, 0.3) is 22.5 Å². The third-order valence-corrected chi connectivity index (χ3v) is 5.39. The van der Waals surface area contributed by atoms with Crippen molar-refractivity contribution in [1.82, 2.24) is 15.5 Å². The van der Waals surface area contributed by atoms with Gasteiger partial charge in [0.1, 0.15) is 5.75 Å². The highest BCUT2D eigenvalue weighted by Gasteiger charge is 2.13. The Balaban J connectivity index is 1.44. The van der Waals surface area contributed by atoms with Crippen LogP contribution < -0.4 is 10.1 Å². The van der Waals surface area contributed by atoms with Crippen molar-refractivity contribution in [3.63, 3.8) is 0 Å². The number of aromatic amines is 1. The number of nitrogens with one attached hydrogen (secondary N) is 2. The lowest BCUT2D eigenvalue weighted by atomic mass is 10.1. The van der Waals surface area contributed by atoms with E-state index in [0.29, 0.717) is 10.6 Å². The monoisotopic (exact) mass is 431 g/mol. The van der Waals surface area contributed by atoms with Gasteiger partial charge in [0, 0.05) is 16.1 Å². The maximum atomic E-state index is 12.6. The summed E-state index contributed by atoms with van der Waals surface area (Å²) in [6, 6.07) is 24.5. The normalized spacial score (nSPS) is 11.7. The quantitative estimate of drug-likeness (QED) is 0.399. The number of H-pyrrole nitrogens is 1. The first-order valence-electron chi connectivity index (χ1n) is 9.90. The first-order chi connectivity index (χ1) is 15.0. The van der Waals surface area contributed by atoms with Gasteiger partial charge in [0.15, 0.2) is 0 Å². The number of carbonyl (C=O) groups is 1. The Morgan fingerprint density at radius 1 is 0.968 bits per heavy atom. The lowest BCUT2D eigenvalue weighted by Gasteiger charge is -2.15. The maximum Gasteiger partial charge on any atom is 0.251 e. The van der Waals surface area contributed by atoms with Gasteiger partial charge < -0.3 is 10.1 Å². The molecule has 0 aliphatic rings. The maximum absolute atomic E-state index is 12.6. The first kappa shape index (κ1) is 20.7. The number of amides is 1. The summed E-state index contributed by atoms with van der Waals surface area (Å²) in [4.78, 5) is 12.6. The molecule has 0 unspecified atom stereocenters. The summed E-state index contributed by atoms with van der Waals surface area (Å²) in [5.74, 6) is 0.661. The van der Waals surface area contributed by atoms with E-state index in [-0.39, 0.29) is 11.9 Å². The molecule has 2 N–H and O–H groups in total. The first-order valence-corrected chi connectivity index (χ1v) is 10.3. The van der Waals surface area contributed by atoms with Crippen LogP contribution in [-0.2, 0) is 0 Å². The molecule has 0 fully saturated rings. The molecule has 0 aliphatic carbocycles. The number of hydrogen-bond acceptors (Lipinski definition) is 3. The molecule has 1 aromatic heterocycles. The van der Waals surface area contributed by atoms with E-state index in [1.54, 1.807) is 7.11 Å². The second-order valence-electron chi connectivity index (χ2n) is 7.22. The predicted molar refractivity (Wildman–Crippen MR) is 123 cm³/mol. The summed E-state index contributed by atoms with van der Waals surface area (Å²) in [6.45, 7) is 1.95. The number of aromatic nitrogens is 2. The predicted octanol–water partition coefficient (Wildman–Crippen LogP) is 5.90. The molecule has 1 heterocycles. The highest BCUT2D eigenvalue weighted by molar-refractivity contribution is 6.30. The fraction of sp³-hybridized carbons (Fsp3) is 0.120. The Labute approximate surface area is 186 Å². The summed E-state index contributed by atoms with van der Waals surface area (Å²) in [5, 5.41) is 11.2.